The molecule has 0 spiro atoms. The van der Waals surface area contributed by atoms with Crippen LogP contribution in [-0.2, 0) is 36.3 Å². The molecular formula is C10H16FN2O14P3S. The Bertz CT molecular complexity index is 1070. The number of aromatic nitrogens is 2. The van der Waals surface area contributed by atoms with Gasteiger partial charge >= 0.3 is 28.1 Å². The van der Waals surface area contributed by atoms with Crippen molar-refractivity contribution < 1.29 is 60.5 Å². The monoisotopic (exact) mass is 532 g/mol. The standard InChI is InChI=1S/C10H16FN2O14P3S/c1-23-10(4-24-30(22,31)27-29(20,21)26-28(17,18)19)7(15)6(11)8(25-10)13-3-2-5(14)12-9(13)16/h2-3,6-8,15H,4H2,1H3,(H,20,21)(H,22,31)(H,12,14,16)(H2,17,18,19)/t6-,7+,8-,10-,30?/m1/s1. The van der Waals surface area contributed by atoms with Crippen molar-refractivity contribution in [1.29, 1.82) is 0 Å². The van der Waals surface area contributed by atoms with Crippen molar-refractivity contribution in [1.82, 2.24) is 9.55 Å². The quantitative estimate of drug-likeness (QED) is 0.172. The zero-order chi connectivity index (χ0) is 23.8. The summed E-state index contributed by atoms with van der Waals surface area (Å²) in [5.41, 5.74) is -1.89. The van der Waals surface area contributed by atoms with E-state index in [1.54, 1.807) is 0 Å². The van der Waals surface area contributed by atoms with Crippen LogP contribution in [0.15, 0.2) is 21.9 Å². The van der Waals surface area contributed by atoms with Crippen LogP contribution >= 0.6 is 34.7 Å². The summed E-state index contributed by atoms with van der Waals surface area (Å²) in [5.74, 6) is -2.47. The Labute approximate surface area is 176 Å². The van der Waals surface area contributed by atoms with Crippen molar-refractivity contribution in [3.8, 4) is 0 Å². The fourth-order valence-electron chi connectivity index (χ4n) is 2.40. The molecule has 1 saturated heterocycles. The average Bonchev–Trinajstić information content (AvgIpc) is 2.82. The van der Waals surface area contributed by atoms with Crippen LogP contribution in [0.3, 0.4) is 0 Å². The average molecular weight is 532 g/mol. The van der Waals surface area contributed by atoms with Crippen LogP contribution in [0, 0.1) is 0 Å². The summed E-state index contributed by atoms with van der Waals surface area (Å²) in [6.45, 7) is -6.14. The van der Waals surface area contributed by atoms with Gasteiger partial charge in [-0.1, -0.05) is 12.2 Å². The maximum atomic E-state index is 14.6. The second-order valence-corrected chi connectivity index (χ2v) is 11.7. The molecule has 1 aliphatic heterocycles. The highest BCUT2D eigenvalue weighted by Crippen LogP contribution is 2.70. The fourth-order valence-corrected chi connectivity index (χ4v) is 6.44. The van der Waals surface area contributed by atoms with E-state index in [-0.39, 0.29) is 0 Å². The Morgan fingerprint density at radius 3 is 2.42 bits per heavy atom. The van der Waals surface area contributed by atoms with Crippen LogP contribution < -0.4 is 11.2 Å². The van der Waals surface area contributed by atoms with Crippen molar-refractivity contribution in [3.05, 3.63) is 33.1 Å². The van der Waals surface area contributed by atoms with Crippen LogP contribution in [0.1, 0.15) is 6.23 Å². The summed E-state index contributed by atoms with van der Waals surface area (Å²) in [6, 6.07) is 0.864. The number of ether oxygens (including phenoxy) is 2. The molecule has 2 unspecified atom stereocenters. The molecule has 21 heteroatoms. The molecule has 0 radical (unpaired) electrons. The molecule has 0 amide bonds. The van der Waals surface area contributed by atoms with Gasteiger partial charge in [0, 0.05) is 19.4 Å². The van der Waals surface area contributed by atoms with E-state index in [1.165, 1.54) is 0 Å². The third-order valence-corrected chi connectivity index (χ3v) is 8.45. The number of nitrogens with zero attached hydrogens (tertiary/aromatic N) is 1. The Hall–Kier alpha value is -0.710. The van der Waals surface area contributed by atoms with E-state index in [1.807, 2.05) is 4.98 Å². The highest BCUT2D eigenvalue weighted by atomic mass is 32.7. The topological polar surface area (TPSA) is 233 Å². The highest BCUT2D eigenvalue weighted by molar-refractivity contribution is 8.45. The molecule has 1 aromatic rings. The summed E-state index contributed by atoms with van der Waals surface area (Å²) in [6.07, 6.45) is -5.53. The number of aliphatic hydroxyl groups excluding tert-OH is 1. The van der Waals surface area contributed by atoms with Crippen LogP contribution in [0.4, 0.5) is 4.39 Å². The first-order valence-corrected chi connectivity index (χ1v) is 13.4. The summed E-state index contributed by atoms with van der Waals surface area (Å²) >= 11 is 3.32. The summed E-state index contributed by atoms with van der Waals surface area (Å²) in [7, 11) is -10.3. The molecule has 178 valence electrons. The van der Waals surface area contributed by atoms with Gasteiger partial charge in [0.15, 0.2) is 12.4 Å². The first-order valence-electron chi connectivity index (χ1n) is 7.66. The van der Waals surface area contributed by atoms with Gasteiger partial charge < -0.3 is 29.3 Å². The third kappa shape index (κ3) is 6.65. The largest absolute Gasteiger partial charge is 0.488 e. The van der Waals surface area contributed by atoms with Crippen molar-refractivity contribution in [2.24, 2.45) is 0 Å². The fraction of sp³-hybridized carbons (Fsp3) is 0.600. The zero-order valence-corrected chi connectivity index (χ0v) is 18.7. The minimum absolute atomic E-state index is 0.572. The van der Waals surface area contributed by atoms with Crippen LogP contribution in [0.5, 0.6) is 0 Å². The van der Waals surface area contributed by atoms with E-state index in [4.69, 9.17) is 19.3 Å². The zero-order valence-electron chi connectivity index (χ0n) is 15.1. The lowest BCUT2D eigenvalue weighted by Gasteiger charge is -2.30. The molecule has 6 atom stereocenters. The summed E-state index contributed by atoms with van der Waals surface area (Å²) < 4.78 is 71.6. The van der Waals surface area contributed by atoms with Crippen molar-refractivity contribution in [2.45, 2.75) is 24.3 Å². The predicted octanol–water partition coefficient (Wildman–Crippen LogP) is -0.612. The second kappa shape index (κ2) is 9.27. The number of hydrogen-bond acceptors (Lipinski definition) is 11. The SMILES string of the molecule is CO[C@]1(COP(=O)(S)OP(=O)(O)OP(=O)(O)O)O[C@@H](n2ccc(=O)[nH]c2=O)[C@H](F)[C@@H]1O. The number of halogens is 1. The molecule has 0 aromatic carbocycles. The molecular weight excluding hydrogens is 516 g/mol. The molecule has 16 nitrogen and oxygen atoms in total. The summed E-state index contributed by atoms with van der Waals surface area (Å²) in [5, 5.41) is 10.2. The van der Waals surface area contributed by atoms with Crippen molar-refractivity contribution in [2.75, 3.05) is 13.7 Å². The van der Waals surface area contributed by atoms with Gasteiger partial charge in [-0.3, -0.25) is 18.9 Å². The van der Waals surface area contributed by atoms with Gasteiger partial charge in [0.1, 0.15) is 12.7 Å². The third-order valence-electron chi connectivity index (χ3n) is 3.66. The number of phosphoric acid groups is 2. The number of H-pyrrole nitrogens is 1. The van der Waals surface area contributed by atoms with Gasteiger partial charge in [-0.25, -0.2) is 22.9 Å². The van der Waals surface area contributed by atoms with Gasteiger partial charge in [-0.05, 0) is 0 Å². The van der Waals surface area contributed by atoms with Crippen molar-refractivity contribution in [3.63, 3.8) is 0 Å². The molecule has 2 rings (SSSR count). The van der Waals surface area contributed by atoms with Crippen LogP contribution in [0.2, 0.25) is 0 Å². The van der Waals surface area contributed by atoms with E-state index in [0.29, 0.717) is 4.57 Å². The molecule has 2 heterocycles. The number of methoxy groups -OCH3 is 1. The predicted molar refractivity (Wildman–Crippen MR) is 98.7 cm³/mol. The lowest BCUT2D eigenvalue weighted by molar-refractivity contribution is -0.266. The maximum Gasteiger partial charge on any atom is 0.488 e. The molecule has 31 heavy (non-hydrogen) atoms. The Morgan fingerprint density at radius 2 is 1.90 bits per heavy atom. The van der Waals surface area contributed by atoms with Gasteiger partial charge in [0.25, 0.3) is 5.56 Å². The minimum Gasteiger partial charge on any atom is -0.384 e. The first kappa shape index (κ1) is 26.5. The van der Waals surface area contributed by atoms with Gasteiger partial charge in [0.2, 0.25) is 5.79 Å². The van der Waals surface area contributed by atoms with Gasteiger partial charge in [-0.15, -0.1) is 0 Å². The van der Waals surface area contributed by atoms with E-state index in [2.05, 4.69) is 25.4 Å². The number of alkyl halides is 1. The number of aliphatic hydroxyl groups is 1. The molecule has 0 saturated carbocycles. The van der Waals surface area contributed by atoms with E-state index >= 15 is 0 Å². The van der Waals surface area contributed by atoms with E-state index < -0.39 is 64.6 Å². The molecule has 5 N–H and O–H groups in total. The highest BCUT2D eigenvalue weighted by Gasteiger charge is 2.58. The van der Waals surface area contributed by atoms with Gasteiger partial charge in [0.05, 0.1) is 0 Å². The first-order chi connectivity index (χ1) is 14.0. The number of thiol groups is 1. The normalized spacial score (nSPS) is 30.6. The minimum atomic E-state index is -5.65. The lowest BCUT2D eigenvalue weighted by atomic mass is 10.1. The molecule has 1 fully saturated rings. The van der Waals surface area contributed by atoms with E-state index in [0.717, 1.165) is 19.4 Å². The molecule has 1 aromatic heterocycles. The lowest BCUT2D eigenvalue weighted by Crippen LogP contribution is -2.47. The summed E-state index contributed by atoms with van der Waals surface area (Å²) in [4.78, 5) is 51.1. The Kier molecular flexibility index (Phi) is 7.94. The number of aromatic amines is 1. The number of nitrogens with one attached hydrogen (secondary N) is 1. The Balaban J connectivity index is 2.21. The smallest absolute Gasteiger partial charge is 0.384 e. The maximum absolute atomic E-state index is 14.6. The Morgan fingerprint density at radius 1 is 1.29 bits per heavy atom. The van der Waals surface area contributed by atoms with Crippen molar-refractivity contribution >= 4 is 34.7 Å². The molecule has 1 aliphatic rings. The van der Waals surface area contributed by atoms with Crippen LogP contribution in [-0.4, -0.2) is 61.1 Å². The molecule has 0 aliphatic carbocycles. The number of rotatable bonds is 9. The molecule has 0 bridgehead atoms. The van der Waals surface area contributed by atoms with E-state index in [9.17, 15) is 37.7 Å². The number of hydrogen-bond donors (Lipinski definition) is 6. The van der Waals surface area contributed by atoms with Gasteiger partial charge in [-0.2, -0.15) is 8.62 Å². The van der Waals surface area contributed by atoms with Crippen LogP contribution in [0.25, 0.3) is 0 Å². The second-order valence-electron chi connectivity index (χ2n) is 5.80.